The largest absolute Gasteiger partial charge is 0.322 e. The second kappa shape index (κ2) is 7.38. The van der Waals surface area contributed by atoms with E-state index in [2.05, 4.69) is 15.1 Å². The summed E-state index contributed by atoms with van der Waals surface area (Å²) in [7, 11) is 0. The number of carbonyl (C=O) groups is 1. The van der Waals surface area contributed by atoms with Gasteiger partial charge in [0.15, 0.2) is 0 Å². The summed E-state index contributed by atoms with van der Waals surface area (Å²) in [5.74, 6) is 2.16. The molecule has 5 aliphatic rings. The van der Waals surface area contributed by atoms with Crippen molar-refractivity contribution < 1.29 is 13.6 Å². The first kappa shape index (κ1) is 18.5. The van der Waals surface area contributed by atoms with Crippen LogP contribution < -0.4 is 5.32 Å². The van der Waals surface area contributed by atoms with Gasteiger partial charge in [-0.15, -0.1) is 0 Å². The molecule has 5 fully saturated rings. The van der Waals surface area contributed by atoms with Gasteiger partial charge < -0.3 is 5.32 Å². The van der Waals surface area contributed by atoms with Crippen LogP contribution in [0, 0.1) is 35.3 Å². The predicted molar refractivity (Wildman–Crippen MR) is 104 cm³/mol. The lowest BCUT2D eigenvalue weighted by Gasteiger charge is -2.58. The molecule has 0 unspecified atom stereocenters. The van der Waals surface area contributed by atoms with Crippen LogP contribution in [0.25, 0.3) is 0 Å². The highest BCUT2D eigenvalue weighted by Gasteiger charge is 2.50. The third-order valence-corrected chi connectivity index (χ3v) is 7.58. The molecule has 4 bridgehead atoms. The highest BCUT2D eigenvalue weighted by atomic mass is 19.1. The average molecular weight is 389 g/mol. The molecule has 1 aromatic carbocycles. The monoisotopic (exact) mass is 389 g/mol. The molecule has 1 amide bonds. The van der Waals surface area contributed by atoms with Crippen LogP contribution in [0.3, 0.4) is 0 Å². The molecule has 1 aliphatic heterocycles. The molecule has 4 nitrogen and oxygen atoms in total. The van der Waals surface area contributed by atoms with Gasteiger partial charge in [-0.25, -0.2) is 8.78 Å². The van der Waals surface area contributed by atoms with Crippen molar-refractivity contribution in [1.82, 2.24) is 9.80 Å². The van der Waals surface area contributed by atoms with Gasteiger partial charge in [-0.05, 0) is 67.9 Å². The summed E-state index contributed by atoms with van der Waals surface area (Å²) in [4.78, 5) is 17.1. The summed E-state index contributed by atoms with van der Waals surface area (Å²) in [6, 6.07) is 3.98. The molecule has 0 atom stereocenters. The van der Waals surface area contributed by atoms with Gasteiger partial charge in [-0.1, -0.05) is 0 Å². The number of amides is 1. The van der Waals surface area contributed by atoms with Crippen LogP contribution in [0.1, 0.15) is 32.1 Å². The van der Waals surface area contributed by atoms with Crippen LogP contribution in [0.5, 0.6) is 0 Å². The van der Waals surface area contributed by atoms with Crippen molar-refractivity contribution in [2.24, 2.45) is 23.7 Å². The number of anilines is 1. The van der Waals surface area contributed by atoms with Gasteiger partial charge in [-0.2, -0.15) is 0 Å². The van der Waals surface area contributed by atoms with Crippen molar-refractivity contribution in [3.05, 3.63) is 29.8 Å². The highest BCUT2D eigenvalue weighted by molar-refractivity contribution is 5.92. The number of carbonyl (C=O) groups excluding carboxylic acids is 1. The molecule has 4 aliphatic carbocycles. The molecule has 1 heterocycles. The summed E-state index contributed by atoms with van der Waals surface area (Å²) in [6.45, 7) is 4.05. The summed E-state index contributed by atoms with van der Waals surface area (Å²) in [5, 5.41) is 2.57. The van der Waals surface area contributed by atoms with E-state index in [0.29, 0.717) is 0 Å². The van der Waals surface area contributed by atoms with E-state index in [9.17, 15) is 13.6 Å². The zero-order valence-corrected chi connectivity index (χ0v) is 16.2. The van der Waals surface area contributed by atoms with E-state index in [1.807, 2.05) is 0 Å². The van der Waals surface area contributed by atoms with Crippen molar-refractivity contribution in [2.45, 2.75) is 38.1 Å². The molecule has 1 aromatic rings. The summed E-state index contributed by atoms with van der Waals surface area (Å²) >= 11 is 0. The standard InChI is InChI=1S/C22H29F2N3O/c23-18-1-2-20(19(24)12-18)25-21(28)13-26-3-5-27(6-4-26)22-16-8-14-7-15(10-16)11-17(22)9-14/h1-2,12,14-17,22H,3-11,13H2,(H,25,28). The Kier molecular flexibility index (Phi) is 4.87. The SMILES string of the molecule is O=C(CN1CCN(C2C3CC4CC(C3)CC2C4)CC1)Nc1ccc(F)cc1F. The quantitative estimate of drug-likeness (QED) is 0.858. The van der Waals surface area contributed by atoms with Crippen molar-refractivity contribution in [2.75, 3.05) is 38.0 Å². The van der Waals surface area contributed by atoms with E-state index in [-0.39, 0.29) is 18.1 Å². The van der Waals surface area contributed by atoms with Crippen LogP contribution in [-0.4, -0.2) is 54.5 Å². The zero-order valence-electron chi connectivity index (χ0n) is 16.2. The van der Waals surface area contributed by atoms with Crippen LogP contribution in [0.15, 0.2) is 18.2 Å². The maximum absolute atomic E-state index is 13.7. The maximum Gasteiger partial charge on any atom is 0.238 e. The van der Waals surface area contributed by atoms with E-state index >= 15 is 0 Å². The third kappa shape index (κ3) is 3.57. The Morgan fingerprint density at radius 1 is 0.964 bits per heavy atom. The van der Waals surface area contributed by atoms with Gasteiger partial charge >= 0.3 is 0 Å². The molecule has 0 radical (unpaired) electrons. The lowest BCUT2D eigenvalue weighted by Crippen LogP contribution is -2.60. The summed E-state index contributed by atoms with van der Waals surface area (Å²) < 4.78 is 26.7. The Morgan fingerprint density at radius 2 is 1.61 bits per heavy atom. The number of nitrogens with zero attached hydrogens (tertiary/aromatic N) is 2. The second-order valence-electron chi connectivity index (χ2n) is 9.41. The minimum atomic E-state index is -0.736. The van der Waals surface area contributed by atoms with E-state index in [1.54, 1.807) is 0 Å². The van der Waals surface area contributed by atoms with Gasteiger partial charge in [-0.3, -0.25) is 14.6 Å². The minimum absolute atomic E-state index is 0.0404. The Labute approximate surface area is 165 Å². The Morgan fingerprint density at radius 3 is 2.21 bits per heavy atom. The molecule has 6 rings (SSSR count). The molecule has 28 heavy (non-hydrogen) atoms. The van der Waals surface area contributed by atoms with Gasteiger partial charge in [0.1, 0.15) is 11.6 Å². The number of hydrogen-bond acceptors (Lipinski definition) is 3. The minimum Gasteiger partial charge on any atom is -0.322 e. The fourth-order valence-electron chi connectivity index (χ4n) is 6.70. The lowest BCUT2D eigenvalue weighted by atomic mass is 9.54. The van der Waals surface area contributed by atoms with Crippen molar-refractivity contribution in [1.29, 1.82) is 0 Å². The molecular weight excluding hydrogens is 360 g/mol. The summed E-state index contributed by atoms with van der Waals surface area (Å²) in [6.07, 6.45) is 7.22. The highest BCUT2D eigenvalue weighted by Crippen LogP contribution is 2.55. The topological polar surface area (TPSA) is 35.6 Å². The smallest absolute Gasteiger partial charge is 0.238 e. The number of rotatable bonds is 4. The van der Waals surface area contributed by atoms with Crippen LogP contribution >= 0.6 is 0 Å². The number of benzene rings is 1. The normalized spacial score (nSPS) is 35.3. The zero-order chi connectivity index (χ0) is 19.3. The van der Waals surface area contributed by atoms with E-state index in [0.717, 1.165) is 68.0 Å². The molecule has 1 saturated heterocycles. The van der Waals surface area contributed by atoms with E-state index in [1.165, 1.54) is 38.2 Å². The van der Waals surface area contributed by atoms with Gasteiger partial charge in [0.2, 0.25) is 5.91 Å². The fraction of sp³-hybridized carbons (Fsp3) is 0.682. The van der Waals surface area contributed by atoms with Crippen LogP contribution in [0.4, 0.5) is 14.5 Å². The van der Waals surface area contributed by atoms with Gasteiger partial charge in [0.05, 0.1) is 12.2 Å². The van der Waals surface area contributed by atoms with Gasteiger partial charge in [0.25, 0.3) is 0 Å². The van der Waals surface area contributed by atoms with Gasteiger partial charge in [0, 0.05) is 38.3 Å². The second-order valence-corrected chi connectivity index (χ2v) is 9.41. The molecule has 152 valence electrons. The van der Waals surface area contributed by atoms with Crippen molar-refractivity contribution in [3.8, 4) is 0 Å². The van der Waals surface area contributed by atoms with Crippen molar-refractivity contribution >= 4 is 11.6 Å². The Balaban J connectivity index is 1.13. The molecule has 4 saturated carbocycles. The average Bonchev–Trinajstić information content (AvgIpc) is 2.64. The number of hydrogen-bond donors (Lipinski definition) is 1. The number of nitrogens with one attached hydrogen (secondary N) is 1. The first-order valence-corrected chi connectivity index (χ1v) is 10.8. The van der Waals surface area contributed by atoms with E-state index < -0.39 is 11.6 Å². The first-order valence-electron chi connectivity index (χ1n) is 10.8. The molecule has 0 aromatic heterocycles. The Bertz CT molecular complexity index is 719. The summed E-state index contributed by atoms with van der Waals surface area (Å²) in [5.41, 5.74) is 0.0404. The molecular formula is C22H29F2N3O. The molecule has 6 heteroatoms. The molecule has 0 spiro atoms. The number of piperazine rings is 1. The maximum atomic E-state index is 13.7. The predicted octanol–water partition coefficient (Wildman–Crippen LogP) is 3.35. The van der Waals surface area contributed by atoms with Crippen molar-refractivity contribution in [3.63, 3.8) is 0 Å². The Hall–Kier alpha value is -1.53. The number of halogens is 2. The molecule has 1 N–H and O–H groups in total. The van der Waals surface area contributed by atoms with Crippen LogP contribution in [0.2, 0.25) is 0 Å². The third-order valence-electron chi connectivity index (χ3n) is 7.58. The van der Waals surface area contributed by atoms with E-state index in [4.69, 9.17) is 0 Å². The lowest BCUT2D eigenvalue weighted by molar-refractivity contribution is -0.118. The fourth-order valence-corrected chi connectivity index (χ4v) is 6.70. The first-order chi connectivity index (χ1) is 13.5. The van der Waals surface area contributed by atoms with Crippen LogP contribution in [-0.2, 0) is 4.79 Å².